The average molecular weight is 290 g/mol. The summed E-state index contributed by atoms with van der Waals surface area (Å²) >= 11 is 0. The molecule has 0 aliphatic heterocycles. The van der Waals surface area contributed by atoms with Crippen LogP contribution in [0.15, 0.2) is 24.3 Å². The molecular weight excluding hydrogens is 276 g/mol. The van der Waals surface area contributed by atoms with Crippen LogP contribution >= 0.6 is 0 Å². The molecule has 0 radical (unpaired) electrons. The van der Waals surface area contributed by atoms with E-state index in [0.717, 1.165) is 5.56 Å². The van der Waals surface area contributed by atoms with Gasteiger partial charge in [0.15, 0.2) is 5.82 Å². The molecule has 0 atom stereocenters. The lowest BCUT2D eigenvalue weighted by molar-refractivity contribution is -0.385. The van der Waals surface area contributed by atoms with Crippen LogP contribution in [-0.4, -0.2) is 22.0 Å². The lowest BCUT2D eigenvalue weighted by atomic mass is 10.2. The average Bonchev–Trinajstić information content (AvgIpc) is 2.38. The molecule has 2 N–H and O–H groups in total. The molecule has 8 nitrogen and oxygen atoms in total. The highest BCUT2D eigenvalue weighted by atomic mass is 16.6. The fourth-order valence-corrected chi connectivity index (χ4v) is 1.70. The van der Waals surface area contributed by atoms with Crippen LogP contribution in [0, 0.1) is 17.0 Å². The summed E-state index contributed by atoms with van der Waals surface area (Å²) in [6.45, 7) is 1.97. The van der Waals surface area contributed by atoms with Crippen LogP contribution in [0.4, 0.5) is 11.5 Å². The second-order valence-corrected chi connectivity index (χ2v) is 4.31. The van der Waals surface area contributed by atoms with Crippen molar-refractivity contribution in [2.75, 3.05) is 12.8 Å². The zero-order chi connectivity index (χ0) is 15.4. The Morgan fingerprint density at radius 1 is 1.33 bits per heavy atom. The maximum Gasteiger partial charge on any atom is 0.311 e. The van der Waals surface area contributed by atoms with E-state index in [-0.39, 0.29) is 29.7 Å². The molecule has 0 saturated heterocycles. The Kier molecular flexibility index (Phi) is 4.29. The van der Waals surface area contributed by atoms with Crippen LogP contribution in [0.1, 0.15) is 11.4 Å². The van der Waals surface area contributed by atoms with E-state index in [1.807, 2.05) is 0 Å². The topological polar surface area (TPSA) is 113 Å². The lowest BCUT2D eigenvalue weighted by Crippen LogP contribution is -2.03. The van der Waals surface area contributed by atoms with Gasteiger partial charge in [0.1, 0.15) is 12.4 Å². The number of nitrogen functional groups attached to an aromatic ring is 1. The number of nitro benzene ring substituents is 1. The molecule has 1 aromatic carbocycles. The molecule has 0 amide bonds. The molecule has 0 aliphatic carbocycles. The third-order valence-corrected chi connectivity index (χ3v) is 2.57. The van der Waals surface area contributed by atoms with Gasteiger partial charge in [-0.15, -0.1) is 0 Å². The highest BCUT2D eigenvalue weighted by Crippen LogP contribution is 2.31. The molecule has 1 aromatic heterocycles. The minimum Gasteiger partial charge on any atom is -0.432 e. The SMILES string of the molecule is COCc1nc(N)cc(Oc2cc(C)ccc2[N+](=O)[O-])n1. The van der Waals surface area contributed by atoms with E-state index in [2.05, 4.69) is 9.97 Å². The van der Waals surface area contributed by atoms with Gasteiger partial charge in [-0.1, -0.05) is 6.07 Å². The van der Waals surface area contributed by atoms with Crippen molar-refractivity contribution in [1.82, 2.24) is 9.97 Å². The smallest absolute Gasteiger partial charge is 0.311 e. The normalized spacial score (nSPS) is 10.4. The van der Waals surface area contributed by atoms with E-state index < -0.39 is 4.92 Å². The zero-order valence-corrected chi connectivity index (χ0v) is 11.6. The molecular formula is C13H14N4O4. The number of aryl methyl sites for hydroxylation is 1. The number of nitro groups is 1. The Morgan fingerprint density at radius 2 is 2.10 bits per heavy atom. The van der Waals surface area contributed by atoms with Crippen LogP contribution in [0.5, 0.6) is 11.6 Å². The Hall–Kier alpha value is -2.74. The number of ether oxygens (including phenoxy) is 2. The van der Waals surface area contributed by atoms with Crippen molar-refractivity contribution in [3.05, 3.63) is 45.8 Å². The van der Waals surface area contributed by atoms with Crippen LogP contribution in [-0.2, 0) is 11.3 Å². The minimum atomic E-state index is -0.518. The van der Waals surface area contributed by atoms with Gasteiger partial charge in [-0.05, 0) is 18.6 Å². The van der Waals surface area contributed by atoms with Crippen molar-refractivity contribution >= 4 is 11.5 Å². The second kappa shape index (κ2) is 6.14. The Bertz CT molecular complexity index is 675. The van der Waals surface area contributed by atoms with E-state index in [4.69, 9.17) is 15.2 Å². The summed E-state index contributed by atoms with van der Waals surface area (Å²) in [5.74, 6) is 0.759. The van der Waals surface area contributed by atoms with E-state index in [9.17, 15) is 10.1 Å². The van der Waals surface area contributed by atoms with Crippen molar-refractivity contribution < 1.29 is 14.4 Å². The summed E-state index contributed by atoms with van der Waals surface area (Å²) in [6, 6.07) is 5.97. The Labute approximate surface area is 120 Å². The van der Waals surface area contributed by atoms with Gasteiger partial charge in [0.2, 0.25) is 11.6 Å². The summed E-state index contributed by atoms with van der Waals surface area (Å²) in [7, 11) is 1.50. The highest BCUT2D eigenvalue weighted by molar-refractivity contribution is 5.50. The highest BCUT2D eigenvalue weighted by Gasteiger charge is 2.17. The number of nitrogens with zero attached hydrogens (tertiary/aromatic N) is 3. The van der Waals surface area contributed by atoms with E-state index in [1.54, 1.807) is 19.1 Å². The monoisotopic (exact) mass is 290 g/mol. The van der Waals surface area contributed by atoms with Gasteiger partial charge in [-0.2, -0.15) is 4.98 Å². The molecule has 2 aromatic rings. The van der Waals surface area contributed by atoms with Crippen molar-refractivity contribution in [1.29, 1.82) is 0 Å². The molecule has 0 aliphatic rings. The standard InChI is InChI=1S/C13H14N4O4/c1-8-3-4-9(17(18)19)10(5-8)21-13-6-11(14)15-12(16-13)7-20-2/h3-6H,7H2,1-2H3,(H2,14,15,16). The van der Waals surface area contributed by atoms with Gasteiger partial charge in [0.25, 0.3) is 0 Å². The van der Waals surface area contributed by atoms with E-state index in [0.29, 0.717) is 5.82 Å². The van der Waals surface area contributed by atoms with Crippen LogP contribution in [0.25, 0.3) is 0 Å². The van der Waals surface area contributed by atoms with Crippen LogP contribution in [0.3, 0.4) is 0 Å². The molecule has 0 saturated carbocycles. The summed E-state index contributed by atoms with van der Waals surface area (Å²) in [5.41, 5.74) is 6.33. The summed E-state index contributed by atoms with van der Waals surface area (Å²) in [4.78, 5) is 18.5. The molecule has 0 bridgehead atoms. The summed E-state index contributed by atoms with van der Waals surface area (Å²) in [5, 5.41) is 11.0. The van der Waals surface area contributed by atoms with Crippen LogP contribution in [0.2, 0.25) is 0 Å². The second-order valence-electron chi connectivity index (χ2n) is 4.31. The number of aromatic nitrogens is 2. The molecule has 2 rings (SSSR count). The van der Waals surface area contributed by atoms with Gasteiger partial charge in [0, 0.05) is 19.2 Å². The maximum atomic E-state index is 11.0. The molecule has 8 heteroatoms. The van der Waals surface area contributed by atoms with Gasteiger partial charge in [0.05, 0.1) is 4.92 Å². The van der Waals surface area contributed by atoms with Crippen molar-refractivity contribution in [3.63, 3.8) is 0 Å². The number of nitrogens with two attached hydrogens (primary N) is 1. The van der Waals surface area contributed by atoms with Gasteiger partial charge >= 0.3 is 5.69 Å². The third-order valence-electron chi connectivity index (χ3n) is 2.57. The van der Waals surface area contributed by atoms with Gasteiger partial charge in [-0.3, -0.25) is 10.1 Å². The number of anilines is 1. The van der Waals surface area contributed by atoms with Gasteiger partial charge < -0.3 is 15.2 Å². The fraction of sp³-hybridized carbons (Fsp3) is 0.231. The minimum absolute atomic E-state index is 0.0986. The predicted molar refractivity (Wildman–Crippen MR) is 75.1 cm³/mol. The first-order valence-corrected chi connectivity index (χ1v) is 6.05. The number of methoxy groups -OCH3 is 1. The molecule has 21 heavy (non-hydrogen) atoms. The first kappa shape index (κ1) is 14.7. The number of rotatable bonds is 5. The lowest BCUT2D eigenvalue weighted by Gasteiger charge is -2.08. The predicted octanol–water partition coefficient (Wildman–Crippen LogP) is 2.21. The number of hydrogen-bond donors (Lipinski definition) is 1. The van der Waals surface area contributed by atoms with Gasteiger partial charge in [-0.25, -0.2) is 4.98 Å². The third kappa shape index (κ3) is 3.63. The Balaban J connectivity index is 2.37. The molecule has 0 fully saturated rings. The summed E-state index contributed by atoms with van der Waals surface area (Å²) < 4.78 is 10.4. The van der Waals surface area contributed by atoms with Crippen molar-refractivity contribution in [2.45, 2.75) is 13.5 Å². The first-order chi connectivity index (χ1) is 9.99. The first-order valence-electron chi connectivity index (χ1n) is 6.05. The van der Waals surface area contributed by atoms with E-state index in [1.165, 1.54) is 19.2 Å². The number of benzene rings is 1. The van der Waals surface area contributed by atoms with Crippen LogP contribution < -0.4 is 10.5 Å². The van der Waals surface area contributed by atoms with Crippen molar-refractivity contribution in [3.8, 4) is 11.6 Å². The maximum absolute atomic E-state index is 11.0. The van der Waals surface area contributed by atoms with E-state index >= 15 is 0 Å². The van der Waals surface area contributed by atoms with Crippen molar-refractivity contribution in [2.24, 2.45) is 0 Å². The number of hydrogen-bond acceptors (Lipinski definition) is 7. The largest absolute Gasteiger partial charge is 0.432 e. The zero-order valence-electron chi connectivity index (χ0n) is 11.6. The molecule has 0 unspecified atom stereocenters. The summed E-state index contributed by atoms with van der Waals surface area (Å²) in [6.07, 6.45) is 0. The molecule has 0 spiro atoms. The molecule has 110 valence electrons. The molecule has 1 heterocycles. The fourth-order valence-electron chi connectivity index (χ4n) is 1.70. The quantitative estimate of drug-likeness (QED) is 0.663. The Morgan fingerprint density at radius 3 is 2.76 bits per heavy atom.